The van der Waals surface area contributed by atoms with Gasteiger partial charge in [-0.2, -0.15) is 5.10 Å². The van der Waals surface area contributed by atoms with Gasteiger partial charge >= 0.3 is 0 Å². The van der Waals surface area contributed by atoms with Crippen molar-refractivity contribution < 1.29 is 4.79 Å². The molecule has 26 heavy (non-hydrogen) atoms. The van der Waals surface area contributed by atoms with E-state index in [4.69, 9.17) is 0 Å². The summed E-state index contributed by atoms with van der Waals surface area (Å²) in [6.45, 7) is 5.33. The minimum atomic E-state index is 0.183. The third-order valence-electron chi connectivity index (χ3n) is 4.68. The molecule has 0 radical (unpaired) electrons. The SMILES string of the molecule is CSc1nc(NC(C)C)c2cnn(CCNC(=O)C3CCCCC3)c2n1. The van der Waals surface area contributed by atoms with Crippen LogP contribution in [0.4, 0.5) is 5.82 Å². The molecule has 1 aliphatic carbocycles. The Morgan fingerprint density at radius 1 is 1.31 bits per heavy atom. The minimum absolute atomic E-state index is 0.183. The molecule has 0 bridgehead atoms. The highest BCUT2D eigenvalue weighted by Crippen LogP contribution is 2.25. The Bertz CT molecular complexity index is 753. The van der Waals surface area contributed by atoms with Crippen molar-refractivity contribution in [3.8, 4) is 0 Å². The van der Waals surface area contributed by atoms with E-state index < -0.39 is 0 Å². The Morgan fingerprint density at radius 3 is 2.77 bits per heavy atom. The van der Waals surface area contributed by atoms with Gasteiger partial charge < -0.3 is 10.6 Å². The first-order chi connectivity index (χ1) is 12.6. The van der Waals surface area contributed by atoms with Gasteiger partial charge in [-0.3, -0.25) is 4.79 Å². The average Bonchev–Trinajstić information content (AvgIpc) is 3.05. The Hall–Kier alpha value is -1.83. The summed E-state index contributed by atoms with van der Waals surface area (Å²) in [6, 6.07) is 0.279. The lowest BCUT2D eigenvalue weighted by Gasteiger charge is -2.20. The van der Waals surface area contributed by atoms with E-state index >= 15 is 0 Å². The summed E-state index contributed by atoms with van der Waals surface area (Å²) in [5, 5.41) is 12.5. The lowest BCUT2D eigenvalue weighted by atomic mass is 9.89. The van der Waals surface area contributed by atoms with Crippen molar-refractivity contribution >= 4 is 34.5 Å². The largest absolute Gasteiger partial charge is 0.367 e. The number of aromatic nitrogens is 4. The maximum Gasteiger partial charge on any atom is 0.223 e. The molecule has 1 fully saturated rings. The maximum atomic E-state index is 12.3. The van der Waals surface area contributed by atoms with Crippen LogP contribution in [0.25, 0.3) is 11.0 Å². The van der Waals surface area contributed by atoms with E-state index in [2.05, 4.69) is 39.5 Å². The summed E-state index contributed by atoms with van der Waals surface area (Å²) < 4.78 is 1.85. The minimum Gasteiger partial charge on any atom is -0.367 e. The zero-order valence-electron chi connectivity index (χ0n) is 15.8. The third kappa shape index (κ3) is 4.47. The molecule has 2 aromatic rings. The van der Waals surface area contributed by atoms with E-state index in [1.54, 1.807) is 6.20 Å². The van der Waals surface area contributed by atoms with E-state index in [-0.39, 0.29) is 17.9 Å². The molecule has 0 aliphatic heterocycles. The number of carbonyl (C=O) groups excluding carboxylic acids is 1. The number of hydrogen-bond donors (Lipinski definition) is 2. The molecule has 2 N–H and O–H groups in total. The first-order valence-corrected chi connectivity index (χ1v) is 10.6. The average molecular weight is 377 g/mol. The van der Waals surface area contributed by atoms with Crippen LogP contribution >= 0.6 is 11.8 Å². The van der Waals surface area contributed by atoms with Crippen molar-refractivity contribution in [2.45, 2.75) is 63.7 Å². The summed E-state index contributed by atoms with van der Waals surface area (Å²) in [5.74, 6) is 1.18. The zero-order valence-corrected chi connectivity index (χ0v) is 16.6. The van der Waals surface area contributed by atoms with Gasteiger partial charge in [-0.25, -0.2) is 14.6 Å². The van der Waals surface area contributed by atoms with Gasteiger partial charge in [-0.15, -0.1) is 0 Å². The fourth-order valence-corrected chi connectivity index (χ4v) is 3.73. The van der Waals surface area contributed by atoms with Gasteiger partial charge in [0.15, 0.2) is 10.8 Å². The summed E-state index contributed by atoms with van der Waals surface area (Å²) >= 11 is 1.51. The van der Waals surface area contributed by atoms with Crippen LogP contribution < -0.4 is 10.6 Å². The van der Waals surface area contributed by atoms with Crippen molar-refractivity contribution in [3.05, 3.63) is 6.20 Å². The lowest BCUT2D eigenvalue weighted by Crippen LogP contribution is -2.34. The van der Waals surface area contributed by atoms with Crippen LogP contribution in [0.2, 0.25) is 0 Å². The molecule has 2 heterocycles. The number of nitrogens with zero attached hydrogens (tertiary/aromatic N) is 4. The maximum absolute atomic E-state index is 12.3. The van der Waals surface area contributed by atoms with Crippen LogP contribution in [-0.4, -0.2) is 44.5 Å². The van der Waals surface area contributed by atoms with Crippen molar-refractivity contribution in [2.75, 3.05) is 18.1 Å². The van der Waals surface area contributed by atoms with Gasteiger partial charge in [-0.1, -0.05) is 31.0 Å². The predicted octanol–water partition coefficient (Wildman–Crippen LogP) is 3.07. The third-order valence-corrected chi connectivity index (χ3v) is 5.23. The Morgan fingerprint density at radius 2 is 2.08 bits per heavy atom. The van der Waals surface area contributed by atoms with Gasteiger partial charge in [0.25, 0.3) is 0 Å². The number of rotatable bonds is 7. The fraction of sp³-hybridized carbons (Fsp3) is 0.667. The van der Waals surface area contributed by atoms with Gasteiger partial charge in [0.05, 0.1) is 18.1 Å². The van der Waals surface area contributed by atoms with Gasteiger partial charge in [0, 0.05) is 18.5 Å². The monoisotopic (exact) mass is 376 g/mol. The highest BCUT2D eigenvalue weighted by Gasteiger charge is 2.20. The van der Waals surface area contributed by atoms with Gasteiger partial charge in [-0.05, 0) is 32.9 Å². The van der Waals surface area contributed by atoms with Crippen LogP contribution in [0.3, 0.4) is 0 Å². The Labute approximate surface area is 158 Å². The molecule has 1 saturated carbocycles. The number of hydrogen-bond acceptors (Lipinski definition) is 6. The number of fused-ring (bicyclic) bond motifs is 1. The molecule has 8 heteroatoms. The standard InChI is InChI=1S/C18H28N6OS/c1-12(2)21-15-14-11-20-24(16(14)23-18(22-15)26-3)10-9-19-17(25)13-7-5-4-6-8-13/h11-13H,4-10H2,1-3H3,(H,19,25)(H,21,22,23). The van der Waals surface area contributed by atoms with Crippen LogP contribution in [0.15, 0.2) is 11.4 Å². The quantitative estimate of drug-likeness (QED) is 0.571. The fourth-order valence-electron chi connectivity index (χ4n) is 3.37. The van der Waals surface area contributed by atoms with Crippen LogP contribution in [0, 0.1) is 5.92 Å². The first kappa shape index (κ1) is 18.9. The van der Waals surface area contributed by atoms with Gasteiger partial charge in [0.1, 0.15) is 5.82 Å². The van der Waals surface area contributed by atoms with E-state index in [1.165, 1.54) is 31.0 Å². The second kappa shape index (κ2) is 8.70. The summed E-state index contributed by atoms with van der Waals surface area (Å²) in [7, 11) is 0. The van der Waals surface area contributed by atoms with E-state index in [0.717, 1.165) is 29.7 Å². The Kier molecular flexibility index (Phi) is 6.34. The molecule has 0 saturated heterocycles. The molecule has 7 nitrogen and oxygen atoms in total. The lowest BCUT2D eigenvalue weighted by molar-refractivity contribution is -0.125. The topological polar surface area (TPSA) is 84.7 Å². The summed E-state index contributed by atoms with van der Waals surface area (Å²) in [6.07, 6.45) is 9.39. The second-order valence-corrected chi connectivity index (χ2v) is 7.86. The number of nitrogens with one attached hydrogen (secondary N) is 2. The molecule has 0 atom stereocenters. The van der Waals surface area contributed by atoms with Gasteiger partial charge in [0.2, 0.25) is 5.91 Å². The number of carbonyl (C=O) groups is 1. The smallest absolute Gasteiger partial charge is 0.223 e. The molecular weight excluding hydrogens is 348 g/mol. The molecule has 0 unspecified atom stereocenters. The molecule has 0 spiro atoms. The normalized spacial score (nSPS) is 15.5. The molecule has 3 rings (SSSR count). The van der Waals surface area contributed by atoms with Crippen LogP contribution in [-0.2, 0) is 11.3 Å². The van der Waals surface area contributed by atoms with Crippen molar-refractivity contribution in [1.82, 2.24) is 25.1 Å². The molecular formula is C18H28N6OS. The number of anilines is 1. The van der Waals surface area contributed by atoms with Crippen molar-refractivity contribution in [3.63, 3.8) is 0 Å². The van der Waals surface area contributed by atoms with Crippen molar-refractivity contribution in [1.29, 1.82) is 0 Å². The molecule has 142 valence electrons. The predicted molar refractivity (Wildman–Crippen MR) is 105 cm³/mol. The van der Waals surface area contributed by atoms with Crippen LogP contribution in [0.5, 0.6) is 0 Å². The summed E-state index contributed by atoms with van der Waals surface area (Å²) in [4.78, 5) is 21.5. The number of thioether (sulfide) groups is 1. The summed E-state index contributed by atoms with van der Waals surface area (Å²) in [5.41, 5.74) is 0.805. The second-order valence-electron chi connectivity index (χ2n) is 7.09. The molecule has 1 amide bonds. The van der Waals surface area contributed by atoms with E-state index in [9.17, 15) is 4.79 Å². The zero-order chi connectivity index (χ0) is 18.5. The van der Waals surface area contributed by atoms with E-state index in [0.29, 0.717) is 18.2 Å². The molecule has 1 aliphatic rings. The highest BCUT2D eigenvalue weighted by atomic mass is 32.2. The van der Waals surface area contributed by atoms with Crippen LogP contribution in [0.1, 0.15) is 46.0 Å². The first-order valence-electron chi connectivity index (χ1n) is 9.40. The number of amides is 1. The Balaban J connectivity index is 1.68. The molecule has 2 aromatic heterocycles. The molecule has 0 aromatic carbocycles. The highest BCUT2D eigenvalue weighted by molar-refractivity contribution is 7.98. The van der Waals surface area contributed by atoms with Crippen molar-refractivity contribution in [2.24, 2.45) is 5.92 Å². The van der Waals surface area contributed by atoms with E-state index in [1.807, 2.05) is 10.9 Å².